The number of hydrogen-bond donors (Lipinski definition) is 2. The molecule has 0 unspecified atom stereocenters. The standard InChI is InChI=1S/C12H13ClF2N2O/c13-8-5-9(14)7(4-10(8)15)11(18)17-6-12(16)2-1-3-12/h4-5H,1-3,6,16H2,(H,17,18). The Morgan fingerprint density at radius 2 is 2.06 bits per heavy atom. The van der Waals surface area contributed by atoms with Crippen molar-refractivity contribution in [3.05, 3.63) is 34.4 Å². The Kier molecular flexibility index (Phi) is 3.54. The Morgan fingerprint density at radius 3 is 2.61 bits per heavy atom. The summed E-state index contributed by atoms with van der Waals surface area (Å²) >= 11 is 5.41. The lowest BCUT2D eigenvalue weighted by molar-refractivity contribution is 0.0925. The topological polar surface area (TPSA) is 55.1 Å². The molecule has 0 aromatic heterocycles. The smallest absolute Gasteiger partial charge is 0.254 e. The van der Waals surface area contributed by atoms with Gasteiger partial charge in [-0.15, -0.1) is 0 Å². The molecule has 1 aliphatic carbocycles. The van der Waals surface area contributed by atoms with E-state index in [-0.39, 0.29) is 17.1 Å². The van der Waals surface area contributed by atoms with Gasteiger partial charge in [0, 0.05) is 12.1 Å². The van der Waals surface area contributed by atoms with Crippen molar-refractivity contribution < 1.29 is 13.6 Å². The van der Waals surface area contributed by atoms with Crippen LogP contribution in [0, 0.1) is 11.6 Å². The monoisotopic (exact) mass is 274 g/mol. The van der Waals surface area contributed by atoms with Crippen LogP contribution < -0.4 is 11.1 Å². The molecule has 1 saturated carbocycles. The normalized spacial score (nSPS) is 17.1. The number of halogens is 3. The highest BCUT2D eigenvalue weighted by molar-refractivity contribution is 6.30. The Balaban J connectivity index is 2.06. The van der Waals surface area contributed by atoms with Gasteiger partial charge in [-0.1, -0.05) is 11.6 Å². The van der Waals surface area contributed by atoms with Crippen LogP contribution in [0.15, 0.2) is 12.1 Å². The largest absolute Gasteiger partial charge is 0.350 e. The molecule has 0 atom stereocenters. The molecule has 0 saturated heterocycles. The molecule has 2 rings (SSSR count). The SMILES string of the molecule is NC1(CNC(=O)c2cc(F)c(Cl)cc2F)CCC1. The van der Waals surface area contributed by atoms with Crippen molar-refractivity contribution in [3.8, 4) is 0 Å². The van der Waals surface area contributed by atoms with Gasteiger partial charge in [0.05, 0.1) is 10.6 Å². The van der Waals surface area contributed by atoms with Gasteiger partial charge in [0.1, 0.15) is 11.6 Å². The highest BCUT2D eigenvalue weighted by atomic mass is 35.5. The van der Waals surface area contributed by atoms with Crippen LogP contribution in [0.1, 0.15) is 29.6 Å². The number of amides is 1. The number of carbonyl (C=O) groups is 1. The third kappa shape index (κ3) is 2.62. The van der Waals surface area contributed by atoms with Crippen molar-refractivity contribution in [3.63, 3.8) is 0 Å². The summed E-state index contributed by atoms with van der Waals surface area (Å²) in [4.78, 5) is 11.7. The maximum Gasteiger partial charge on any atom is 0.254 e. The van der Waals surface area contributed by atoms with Crippen LogP contribution in [0.25, 0.3) is 0 Å². The van der Waals surface area contributed by atoms with E-state index >= 15 is 0 Å². The summed E-state index contributed by atoms with van der Waals surface area (Å²) < 4.78 is 26.6. The van der Waals surface area contributed by atoms with Gasteiger partial charge in [-0.25, -0.2) is 8.78 Å². The van der Waals surface area contributed by atoms with E-state index in [0.717, 1.165) is 31.4 Å². The summed E-state index contributed by atoms with van der Waals surface area (Å²) in [7, 11) is 0. The first kappa shape index (κ1) is 13.2. The number of rotatable bonds is 3. The molecule has 98 valence electrons. The Hall–Kier alpha value is -1.20. The summed E-state index contributed by atoms with van der Waals surface area (Å²) in [6.45, 7) is 0.259. The fourth-order valence-electron chi connectivity index (χ4n) is 1.86. The fraction of sp³-hybridized carbons (Fsp3) is 0.417. The van der Waals surface area contributed by atoms with Crippen molar-refractivity contribution in [2.24, 2.45) is 5.73 Å². The van der Waals surface area contributed by atoms with E-state index in [4.69, 9.17) is 17.3 Å². The van der Waals surface area contributed by atoms with E-state index in [2.05, 4.69) is 5.32 Å². The second kappa shape index (κ2) is 4.82. The van der Waals surface area contributed by atoms with Crippen molar-refractivity contribution >= 4 is 17.5 Å². The predicted octanol–water partition coefficient (Wildman–Crippen LogP) is 2.23. The van der Waals surface area contributed by atoms with Crippen LogP contribution in [0.4, 0.5) is 8.78 Å². The zero-order valence-corrected chi connectivity index (χ0v) is 10.4. The average Bonchev–Trinajstić information content (AvgIpc) is 2.28. The summed E-state index contributed by atoms with van der Waals surface area (Å²) in [6.07, 6.45) is 2.67. The fourth-order valence-corrected chi connectivity index (χ4v) is 2.01. The Morgan fingerprint density at radius 1 is 1.39 bits per heavy atom. The first-order chi connectivity index (χ1) is 8.41. The van der Waals surface area contributed by atoms with Crippen LogP contribution in [0.2, 0.25) is 5.02 Å². The molecule has 18 heavy (non-hydrogen) atoms. The number of hydrogen-bond acceptors (Lipinski definition) is 2. The molecule has 0 bridgehead atoms. The summed E-state index contributed by atoms with van der Waals surface area (Å²) in [5.41, 5.74) is 5.15. The molecule has 0 heterocycles. The lowest BCUT2D eigenvalue weighted by atomic mass is 9.78. The molecule has 0 spiro atoms. The van der Waals surface area contributed by atoms with Gasteiger partial charge in [0.15, 0.2) is 0 Å². The molecule has 1 amide bonds. The summed E-state index contributed by atoms with van der Waals surface area (Å²) in [6, 6.07) is 1.57. The zero-order valence-electron chi connectivity index (χ0n) is 9.60. The van der Waals surface area contributed by atoms with Gasteiger partial charge in [0.2, 0.25) is 0 Å². The van der Waals surface area contributed by atoms with Crippen molar-refractivity contribution in [1.82, 2.24) is 5.32 Å². The van der Waals surface area contributed by atoms with E-state index < -0.39 is 23.1 Å². The van der Waals surface area contributed by atoms with Gasteiger partial charge in [-0.2, -0.15) is 0 Å². The van der Waals surface area contributed by atoms with Crippen LogP contribution >= 0.6 is 11.6 Å². The number of carbonyl (C=O) groups excluding carboxylic acids is 1. The highest BCUT2D eigenvalue weighted by Gasteiger charge is 2.32. The maximum absolute atomic E-state index is 13.5. The second-order valence-corrected chi connectivity index (χ2v) is 5.05. The molecular formula is C12H13ClF2N2O. The Bertz CT molecular complexity index is 489. The molecule has 6 heteroatoms. The highest BCUT2D eigenvalue weighted by Crippen LogP contribution is 2.28. The third-order valence-corrected chi connectivity index (χ3v) is 3.49. The molecule has 1 fully saturated rings. The predicted molar refractivity (Wildman–Crippen MR) is 64.5 cm³/mol. The second-order valence-electron chi connectivity index (χ2n) is 4.64. The van der Waals surface area contributed by atoms with Crippen LogP contribution in [-0.4, -0.2) is 18.0 Å². The quantitative estimate of drug-likeness (QED) is 0.831. The van der Waals surface area contributed by atoms with E-state index in [1.165, 1.54) is 0 Å². The van der Waals surface area contributed by atoms with Crippen LogP contribution in [-0.2, 0) is 0 Å². The molecule has 1 aromatic rings. The van der Waals surface area contributed by atoms with E-state index in [1.54, 1.807) is 0 Å². The first-order valence-corrected chi connectivity index (χ1v) is 6.01. The van der Waals surface area contributed by atoms with E-state index in [0.29, 0.717) is 0 Å². The van der Waals surface area contributed by atoms with Gasteiger partial charge < -0.3 is 11.1 Å². The minimum Gasteiger partial charge on any atom is -0.350 e. The van der Waals surface area contributed by atoms with Crippen LogP contribution in [0.5, 0.6) is 0 Å². The average molecular weight is 275 g/mol. The van der Waals surface area contributed by atoms with E-state index in [9.17, 15) is 13.6 Å². The van der Waals surface area contributed by atoms with Crippen molar-refractivity contribution in [2.45, 2.75) is 24.8 Å². The van der Waals surface area contributed by atoms with E-state index in [1.807, 2.05) is 0 Å². The van der Waals surface area contributed by atoms with Gasteiger partial charge in [-0.3, -0.25) is 4.79 Å². The minimum atomic E-state index is -0.849. The number of benzene rings is 1. The molecule has 3 N–H and O–H groups in total. The van der Waals surface area contributed by atoms with Crippen molar-refractivity contribution in [2.75, 3.05) is 6.54 Å². The lowest BCUT2D eigenvalue weighted by Crippen LogP contribution is -2.55. The molecular weight excluding hydrogens is 262 g/mol. The molecule has 0 aliphatic heterocycles. The Labute approximate surface area is 108 Å². The molecule has 1 aromatic carbocycles. The lowest BCUT2D eigenvalue weighted by Gasteiger charge is -2.38. The number of nitrogens with one attached hydrogen (secondary N) is 1. The number of nitrogens with two attached hydrogens (primary N) is 1. The minimum absolute atomic E-state index is 0.259. The first-order valence-electron chi connectivity index (χ1n) is 5.63. The molecule has 1 aliphatic rings. The van der Waals surface area contributed by atoms with Crippen LogP contribution in [0.3, 0.4) is 0 Å². The van der Waals surface area contributed by atoms with Gasteiger partial charge in [-0.05, 0) is 31.4 Å². The van der Waals surface area contributed by atoms with Gasteiger partial charge >= 0.3 is 0 Å². The summed E-state index contributed by atoms with van der Waals surface area (Å²) in [5.74, 6) is -2.35. The molecule has 3 nitrogen and oxygen atoms in total. The van der Waals surface area contributed by atoms with Crippen molar-refractivity contribution in [1.29, 1.82) is 0 Å². The maximum atomic E-state index is 13.5. The molecule has 0 radical (unpaired) electrons. The third-order valence-electron chi connectivity index (χ3n) is 3.20. The summed E-state index contributed by atoms with van der Waals surface area (Å²) in [5, 5.41) is 2.17. The van der Waals surface area contributed by atoms with Gasteiger partial charge in [0.25, 0.3) is 5.91 Å². The zero-order chi connectivity index (χ0) is 13.3.